The van der Waals surface area contributed by atoms with E-state index in [9.17, 15) is 9.59 Å². The third kappa shape index (κ3) is 2.71. The third-order valence-corrected chi connectivity index (χ3v) is 3.86. The molecule has 1 amide bonds. The molecule has 19 heavy (non-hydrogen) atoms. The van der Waals surface area contributed by atoms with Gasteiger partial charge in [-0.3, -0.25) is 9.59 Å². The predicted molar refractivity (Wildman–Crippen MR) is 72.1 cm³/mol. The molecule has 5 nitrogen and oxygen atoms in total. The molecule has 0 saturated heterocycles. The first-order chi connectivity index (χ1) is 8.95. The van der Waals surface area contributed by atoms with Gasteiger partial charge in [0.15, 0.2) is 0 Å². The molecular weight excluding hydrogens is 244 g/mol. The van der Waals surface area contributed by atoms with E-state index in [1.54, 1.807) is 12.1 Å². The molecule has 2 N–H and O–H groups in total. The van der Waals surface area contributed by atoms with Gasteiger partial charge in [-0.25, -0.2) is 0 Å². The Bertz CT molecular complexity index is 521. The van der Waals surface area contributed by atoms with Crippen LogP contribution in [-0.4, -0.2) is 29.6 Å². The Morgan fingerprint density at radius 1 is 1.53 bits per heavy atom. The number of rotatable bonds is 4. The predicted octanol–water partition coefficient (Wildman–Crippen LogP) is 1.31. The molecule has 2 unspecified atom stereocenters. The number of aromatic amines is 1. The normalized spacial score (nSPS) is 24.6. The zero-order chi connectivity index (χ0) is 14.0. The highest BCUT2D eigenvalue weighted by Gasteiger charge is 2.49. The van der Waals surface area contributed by atoms with Crippen molar-refractivity contribution in [2.24, 2.45) is 5.41 Å². The number of amides is 1. The molecular formula is C14H20N2O3. The lowest BCUT2D eigenvalue weighted by Gasteiger charge is -2.51. The van der Waals surface area contributed by atoms with Gasteiger partial charge in [-0.05, 0) is 19.4 Å². The standard InChI is InChI=1S/C14H20N2O3/c1-4-19-11-8-10(14(11,2)3)16-13(18)9-6-5-7-12(17)15-9/h5-7,10-11H,4,8H2,1-3H3,(H,15,17)(H,16,18). The second-order valence-corrected chi connectivity index (χ2v) is 5.46. The molecule has 1 heterocycles. The van der Waals surface area contributed by atoms with Crippen LogP contribution in [0.25, 0.3) is 0 Å². The molecule has 0 bridgehead atoms. The summed E-state index contributed by atoms with van der Waals surface area (Å²) in [6.45, 7) is 6.81. The molecule has 104 valence electrons. The maximum atomic E-state index is 12.0. The van der Waals surface area contributed by atoms with Gasteiger partial charge in [-0.1, -0.05) is 19.9 Å². The van der Waals surface area contributed by atoms with Gasteiger partial charge in [-0.2, -0.15) is 0 Å². The lowest BCUT2D eigenvalue weighted by molar-refractivity contribution is -0.111. The molecule has 1 fully saturated rings. The van der Waals surface area contributed by atoms with Gasteiger partial charge in [0.1, 0.15) is 5.69 Å². The second kappa shape index (κ2) is 5.17. The summed E-state index contributed by atoms with van der Waals surface area (Å²) in [6, 6.07) is 4.63. The highest BCUT2D eigenvalue weighted by atomic mass is 16.5. The maximum Gasteiger partial charge on any atom is 0.268 e. The minimum Gasteiger partial charge on any atom is -0.378 e. The average Bonchev–Trinajstić information content (AvgIpc) is 2.37. The fourth-order valence-corrected chi connectivity index (χ4v) is 2.43. The molecule has 5 heteroatoms. The number of nitrogens with one attached hydrogen (secondary N) is 2. The van der Waals surface area contributed by atoms with Crippen molar-refractivity contribution in [1.29, 1.82) is 0 Å². The molecule has 0 spiro atoms. The summed E-state index contributed by atoms with van der Waals surface area (Å²) in [6.07, 6.45) is 0.988. The van der Waals surface area contributed by atoms with E-state index in [1.165, 1.54) is 6.07 Å². The Morgan fingerprint density at radius 3 is 2.84 bits per heavy atom. The summed E-state index contributed by atoms with van der Waals surface area (Å²) < 4.78 is 5.62. The van der Waals surface area contributed by atoms with Crippen molar-refractivity contribution in [2.75, 3.05) is 6.61 Å². The van der Waals surface area contributed by atoms with Crippen LogP contribution in [0, 0.1) is 5.41 Å². The zero-order valence-electron chi connectivity index (χ0n) is 11.5. The van der Waals surface area contributed by atoms with Crippen molar-refractivity contribution in [2.45, 2.75) is 39.3 Å². The second-order valence-electron chi connectivity index (χ2n) is 5.46. The minimum atomic E-state index is -0.271. The van der Waals surface area contributed by atoms with Crippen LogP contribution in [0.5, 0.6) is 0 Å². The van der Waals surface area contributed by atoms with Crippen molar-refractivity contribution >= 4 is 5.91 Å². The maximum absolute atomic E-state index is 12.0. The third-order valence-electron chi connectivity index (χ3n) is 3.86. The quantitative estimate of drug-likeness (QED) is 0.861. The number of H-pyrrole nitrogens is 1. The van der Waals surface area contributed by atoms with E-state index in [-0.39, 0.29) is 29.0 Å². The Kier molecular flexibility index (Phi) is 3.75. The van der Waals surface area contributed by atoms with Crippen LogP contribution < -0.4 is 10.9 Å². The molecule has 2 rings (SSSR count). The van der Waals surface area contributed by atoms with E-state index in [4.69, 9.17) is 4.74 Å². The lowest BCUT2D eigenvalue weighted by atomic mass is 9.64. The molecule has 0 aliphatic heterocycles. The van der Waals surface area contributed by atoms with Crippen LogP contribution in [0.2, 0.25) is 0 Å². The summed E-state index contributed by atoms with van der Waals surface area (Å²) in [7, 11) is 0. The van der Waals surface area contributed by atoms with E-state index in [0.29, 0.717) is 12.3 Å². The summed E-state index contributed by atoms with van der Waals surface area (Å²) in [5.74, 6) is -0.245. The molecule has 1 aliphatic rings. The van der Waals surface area contributed by atoms with Gasteiger partial charge in [0.05, 0.1) is 6.10 Å². The van der Waals surface area contributed by atoms with Crippen LogP contribution in [0.4, 0.5) is 0 Å². The Hall–Kier alpha value is -1.62. The number of ether oxygens (including phenoxy) is 1. The number of pyridine rings is 1. The SMILES string of the molecule is CCOC1CC(NC(=O)c2cccc(=O)[nH]2)C1(C)C. The van der Waals surface area contributed by atoms with Crippen LogP contribution in [-0.2, 0) is 4.74 Å². The van der Waals surface area contributed by atoms with Gasteiger partial charge in [0.2, 0.25) is 5.56 Å². The molecule has 0 radical (unpaired) electrons. The molecule has 1 aromatic heterocycles. The first-order valence-corrected chi connectivity index (χ1v) is 6.57. The van der Waals surface area contributed by atoms with E-state index in [2.05, 4.69) is 24.1 Å². The Morgan fingerprint density at radius 2 is 2.26 bits per heavy atom. The van der Waals surface area contributed by atoms with Crippen LogP contribution >= 0.6 is 0 Å². The number of hydrogen-bond donors (Lipinski definition) is 2. The van der Waals surface area contributed by atoms with Crippen molar-refractivity contribution in [1.82, 2.24) is 10.3 Å². The first-order valence-electron chi connectivity index (χ1n) is 6.57. The first kappa shape index (κ1) is 13.8. The highest BCUT2D eigenvalue weighted by molar-refractivity contribution is 5.92. The summed E-state index contributed by atoms with van der Waals surface area (Å²) in [5.41, 5.74) is -0.0586. The fourth-order valence-electron chi connectivity index (χ4n) is 2.43. The zero-order valence-corrected chi connectivity index (χ0v) is 11.5. The monoisotopic (exact) mass is 264 g/mol. The van der Waals surface area contributed by atoms with Gasteiger partial charge in [-0.15, -0.1) is 0 Å². The van der Waals surface area contributed by atoms with Gasteiger partial charge >= 0.3 is 0 Å². The average molecular weight is 264 g/mol. The molecule has 2 atom stereocenters. The van der Waals surface area contributed by atoms with E-state index in [1.807, 2.05) is 6.92 Å². The van der Waals surface area contributed by atoms with E-state index in [0.717, 1.165) is 6.42 Å². The highest BCUT2D eigenvalue weighted by Crippen LogP contribution is 2.42. The topological polar surface area (TPSA) is 71.2 Å². The van der Waals surface area contributed by atoms with Gasteiger partial charge < -0.3 is 15.0 Å². The van der Waals surface area contributed by atoms with Crippen molar-refractivity contribution < 1.29 is 9.53 Å². The van der Waals surface area contributed by atoms with E-state index < -0.39 is 0 Å². The number of hydrogen-bond acceptors (Lipinski definition) is 3. The largest absolute Gasteiger partial charge is 0.378 e. The molecule has 1 aromatic rings. The van der Waals surface area contributed by atoms with Crippen LogP contribution in [0.15, 0.2) is 23.0 Å². The smallest absolute Gasteiger partial charge is 0.268 e. The lowest BCUT2D eigenvalue weighted by Crippen LogP contribution is -2.62. The van der Waals surface area contributed by atoms with Crippen molar-refractivity contribution in [3.8, 4) is 0 Å². The molecule has 1 saturated carbocycles. The molecule has 1 aliphatic carbocycles. The summed E-state index contributed by atoms with van der Waals surface area (Å²) >= 11 is 0. The Labute approximate surface area is 112 Å². The van der Waals surface area contributed by atoms with Crippen molar-refractivity contribution in [3.05, 3.63) is 34.2 Å². The van der Waals surface area contributed by atoms with Crippen LogP contribution in [0.1, 0.15) is 37.7 Å². The minimum absolute atomic E-state index is 0.0697. The molecule has 0 aromatic carbocycles. The Balaban J connectivity index is 2.00. The van der Waals surface area contributed by atoms with Crippen LogP contribution in [0.3, 0.4) is 0 Å². The fraction of sp³-hybridized carbons (Fsp3) is 0.571. The van der Waals surface area contributed by atoms with E-state index >= 15 is 0 Å². The summed E-state index contributed by atoms with van der Waals surface area (Å²) in [4.78, 5) is 25.7. The number of carbonyl (C=O) groups is 1. The number of carbonyl (C=O) groups excluding carboxylic acids is 1. The van der Waals surface area contributed by atoms with Gasteiger partial charge in [0, 0.05) is 24.1 Å². The van der Waals surface area contributed by atoms with Crippen molar-refractivity contribution in [3.63, 3.8) is 0 Å². The summed E-state index contributed by atoms with van der Waals surface area (Å²) in [5, 5.41) is 2.95. The number of aromatic nitrogens is 1. The van der Waals surface area contributed by atoms with Gasteiger partial charge in [0.25, 0.3) is 5.91 Å².